The van der Waals surface area contributed by atoms with Gasteiger partial charge in [-0.2, -0.15) is 0 Å². The Balaban J connectivity index is 2.49. The Morgan fingerprint density at radius 2 is 2.05 bits per heavy atom. The Hall–Kier alpha value is -1.69. The van der Waals surface area contributed by atoms with Gasteiger partial charge in [-0.25, -0.2) is 0 Å². The van der Waals surface area contributed by atoms with Crippen LogP contribution in [-0.2, 0) is 6.61 Å². The number of carbonyl (C=O) groups is 1. The summed E-state index contributed by atoms with van der Waals surface area (Å²) >= 11 is 0. The molecule has 2 rings (SSSR count). The van der Waals surface area contributed by atoms with E-state index in [0.717, 1.165) is 0 Å². The van der Waals surface area contributed by atoms with Crippen LogP contribution in [0.5, 0.6) is 5.75 Å². The van der Waals surface area contributed by atoms with Crippen LogP contribution in [0, 0.1) is 0 Å². The van der Waals surface area contributed by atoms with Gasteiger partial charge in [0.1, 0.15) is 11.4 Å². The van der Waals surface area contributed by atoms with E-state index in [2.05, 4.69) is 0 Å². The van der Waals surface area contributed by atoms with E-state index in [4.69, 9.17) is 9.84 Å². The Labute approximate surface area is 117 Å². The molecule has 1 atom stereocenters. The molecule has 0 aromatic heterocycles. The quantitative estimate of drug-likeness (QED) is 0.761. The van der Waals surface area contributed by atoms with Crippen LogP contribution in [0.3, 0.4) is 0 Å². The van der Waals surface area contributed by atoms with Crippen molar-refractivity contribution in [3.8, 4) is 5.75 Å². The highest BCUT2D eigenvalue weighted by molar-refractivity contribution is 6.06. The Morgan fingerprint density at radius 3 is 2.60 bits per heavy atom. The summed E-state index contributed by atoms with van der Waals surface area (Å²) in [7, 11) is 0. The first kappa shape index (κ1) is 14.7. The molecule has 1 aromatic carbocycles. The van der Waals surface area contributed by atoms with Crippen molar-refractivity contribution in [1.82, 2.24) is 0 Å². The average Bonchev–Trinajstić information content (AvgIpc) is 2.73. The Morgan fingerprint density at radius 1 is 1.35 bits per heavy atom. The molecule has 0 saturated heterocycles. The number of benzene rings is 1. The molecule has 1 aromatic rings. The summed E-state index contributed by atoms with van der Waals surface area (Å²) in [6.45, 7) is 2.60. The maximum absolute atomic E-state index is 12.2. The number of ketones is 1. The molecule has 1 aliphatic rings. The number of fused-ring (bicyclic) bond motifs is 1. The molecule has 5 nitrogen and oxygen atoms in total. The monoisotopic (exact) mass is 278 g/mol. The van der Waals surface area contributed by atoms with E-state index in [1.54, 1.807) is 18.2 Å². The third-order valence-corrected chi connectivity index (χ3v) is 3.24. The van der Waals surface area contributed by atoms with Crippen molar-refractivity contribution in [2.24, 2.45) is 0 Å². The zero-order valence-electron chi connectivity index (χ0n) is 11.5. The predicted molar refractivity (Wildman–Crippen MR) is 73.5 cm³/mol. The van der Waals surface area contributed by atoms with E-state index in [1.165, 1.54) is 19.9 Å². The van der Waals surface area contributed by atoms with Crippen LogP contribution >= 0.6 is 0 Å². The molecular weight excluding hydrogens is 260 g/mol. The second-order valence-corrected chi connectivity index (χ2v) is 5.27. The van der Waals surface area contributed by atoms with Gasteiger partial charge < -0.3 is 20.1 Å². The molecule has 1 aliphatic heterocycles. The maximum Gasteiger partial charge on any atom is 0.210 e. The minimum absolute atomic E-state index is 0.117. The molecule has 0 fully saturated rings. The highest BCUT2D eigenvalue weighted by Crippen LogP contribution is 2.38. The SMILES string of the molecule is CC(C)(O)C1Oc2c(ccc(/C=C\CO)c2CO)C1=O. The van der Waals surface area contributed by atoms with Crippen LogP contribution in [0.4, 0.5) is 0 Å². The lowest BCUT2D eigenvalue weighted by Gasteiger charge is -2.23. The van der Waals surface area contributed by atoms with E-state index < -0.39 is 11.7 Å². The molecule has 0 aliphatic carbocycles. The van der Waals surface area contributed by atoms with Crippen molar-refractivity contribution in [2.75, 3.05) is 6.61 Å². The summed E-state index contributed by atoms with van der Waals surface area (Å²) in [5.74, 6) is 0.0182. The van der Waals surface area contributed by atoms with E-state index in [1.807, 2.05) is 0 Å². The number of hydrogen-bond donors (Lipinski definition) is 3. The lowest BCUT2D eigenvalue weighted by atomic mass is 9.94. The molecule has 1 heterocycles. The van der Waals surface area contributed by atoms with Crippen LogP contribution in [0.1, 0.15) is 35.3 Å². The van der Waals surface area contributed by atoms with Crippen LogP contribution < -0.4 is 4.74 Å². The van der Waals surface area contributed by atoms with Gasteiger partial charge in [0.05, 0.1) is 18.8 Å². The molecule has 20 heavy (non-hydrogen) atoms. The fraction of sp³-hybridized carbons (Fsp3) is 0.400. The third kappa shape index (κ3) is 2.47. The molecule has 1 unspecified atom stereocenters. The second-order valence-electron chi connectivity index (χ2n) is 5.27. The van der Waals surface area contributed by atoms with Crippen molar-refractivity contribution in [2.45, 2.75) is 32.2 Å². The van der Waals surface area contributed by atoms with E-state index in [9.17, 15) is 15.0 Å². The first-order valence-electron chi connectivity index (χ1n) is 6.37. The summed E-state index contributed by atoms with van der Waals surface area (Å²) in [5.41, 5.74) is 0.211. The second kappa shape index (κ2) is 5.36. The first-order chi connectivity index (χ1) is 9.40. The van der Waals surface area contributed by atoms with Crippen LogP contribution in [0.25, 0.3) is 6.08 Å². The minimum atomic E-state index is -1.30. The largest absolute Gasteiger partial charge is 0.478 e. The molecular formula is C15H18O5. The van der Waals surface area contributed by atoms with E-state index in [0.29, 0.717) is 22.4 Å². The fourth-order valence-electron chi connectivity index (χ4n) is 2.25. The van der Waals surface area contributed by atoms with Gasteiger partial charge in [-0.1, -0.05) is 18.2 Å². The van der Waals surface area contributed by atoms with Gasteiger partial charge in [0.2, 0.25) is 5.78 Å². The predicted octanol–water partition coefficient (Wildman–Crippen LogP) is 0.899. The molecule has 0 saturated carbocycles. The van der Waals surface area contributed by atoms with Crippen molar-refractivity contribution in [3.63, 3.8) is 0 Å². The van der Waals surface area contributed by atoms with Gasteiger partial charge in [-0.05, 0) is 25.5 Å². The van der Waals surface area contributed by atoms with Crippen molar-refractivity contribution in [1.29, 1.82) is 0 Å². The zero-order valence-corrected chi connectivity index (χ0v) is 11.5. The van der Waals surface area contributed by atoms with Gasteiger partial charge in [0.25, 0.3) is 0 Å². The zero-order chi connectivity index (χ0) is 14.9. The standard InChI is InChI=1S/C15H18O5/c1-15(2,19)14-12(18)10-6-5-9(4-3-7-16)11(8-17)13(10)20-14/h3-6,14,16-17,19H,7-8H2,1-2H3/b4-3-. The molecule has 0 bridgehead atoms. The fourth-order valence-corrected chi connectivity index (χ4v) is 2.25. The third-order valence-electron chi connectivity index (χ3n) is 3.24. The summed E-state index contributed by atoms with van der Waals surface area (Å²) in [5, 5.41) is 28.3. The van der Waals surface area contributed by atoms with Crippen molar-refractivity contribution < 1.29 is 24.9 Å². The number of aliphatic hydroxyl groups is 3. The Kier molecular flexibility index (Phi) is 3.94. The smallest absolute Gasteiger partial charge is 0.210 e. The molecule has 3 N–H and O–H groups in total. The van der Waals surface area contributed by atoms with E-state index in [-0.39, 0.29) is 19.0 Å². The van der Waals surface area contributed by atoms with Crippen molar-refractivity contribution >= 4 is 11.9 Å². The molecule has 108 valence electrons. The highest BCUT2D eigenvalue weighted by atomic mass is 16.5. The van der Waals surface area contributed by atoms with Crippen LogP contribution in [-0.4, -0.2) is 39.4 Å². The number of aliphatic hydroxyl groups excluding tert-OH is 2. The number of ether oxygens (including phenoxy) is 1. The van der Waals surface area contributed by atoms with Crippen LogP contribution in [0.15, 0.2) is 18.2 Å². The van der Waals surface area contributed by atoms with Gasteiger partial charge >= 0.3 is 0 Å². The maximum atomic E-state index is 12.2. The summed E-state index contributed by atoms with van der Waals surface area (Å²) in [4.78, 5) is 12.2. The lowest BCUT2D eigenvalue weighted by Crippen LogP contribution is -2.43. The minimum Gasteiger partial charge on any atom is -0.478 e. The summed E-state index contributed by atoms with van der Waals surface area (Å²) < 4.78 is 5.57. The number of carbonyl (C=O) groups excluding carboxylic acids is 1. The molecule has 0 amide bonds. The average molecular weight is 278 g/mol. The molecule has 5 heteroatoms. The summed E-state index contributed by atoms with van der Waals surface area (Å²) in [6.07, 6.45) is 2.21. The topological polar surface area (TPSA) is 87.0 Å². The van der Waals surface area contributed by atoms with Gasteiger partial charge in [-0.3, -0.25) is 4.79 Å². The normalized spacial score (nSPS) is 18.4. The van der Waals surface area contributed by atoms with Gasteiger partial charge in [-0.15, -0.1) is 0 Å². The highest BCUT2D eigenvalue weighted by Gasteiger charge is 2.43. The van der Waals surface area contributed by atoms with E-state index >= 15 is 0 Å². The first-order valence-corrected chi connectivity index (χ1v) is 6.37. The lowest BCUT2D eigenvalue weighted by molar-refractivity contribution is -0.0144. The van der Waals surface area contributed by atoms with Gasteiger partial charge in [0.15, 0.2) is 6.10 Å². The van der Waals surface area contributed by atoms with Crippen molar-refractivity contribution in [3.05, 3.63) is 34.9 Å². The van der Waals surface area contributed by atoms with Gasteiger partial charge in [0, 0.05) is 5.56 Å². The number of hydrogen-bond acceptors (Lipinski definition) is 5. The van der Waals surface area contributed by atoms with Crippen LogP contribution in [0.2, 0.25) is 0 Å². The number of rotatable bonds is 4. The molecule has 0 radical (unpaired) electrons. The Bertz CT molecular complexity index is 554. The summed E-state index contributed by atoms with van der Waals surface area (Å²) in [6, 6.07) is 3.30. The molecule has 0 spiro atoms. The number of Topliss-reactive ketones (excluding diaryl/α,β-unsaturated/α-hetero) is 1.